The van der Waals surface area contributed by atoms with Gasteiger partial charge >= 0.3 is 0 Å². The Morgan fingerprint density at radius 1 is 1.06 bits per heavy atom. The van der Waals surface area contributed by atoms with Gasteiger partial charge in [-0.25, -0.2) is 8.78 Å². The fourth-order valence-electron chi connectivity index (χ4n) is 4.05. The molecule has 5 nitrogen and oxygen atoms in total. The van der Waals surface area contributed by atoms with Gasteiger partial charge < -0.3 is 9.84 Å². The predicted molar refractivity (Wildman–Crippen MR) is 132 cm³/mol. The number of aryl methyl sites for hydroxylation is 1. The molecule has 1 fully saturated rings. The summed E-state index contributed by atoms with van der Waals surface area (Å²) in [6, 6.07) is 10.5. The lowest BCUT2D eigenvalue weighted by molar-refractivity contribution is -0.132. The van der Waals surface area contributed by atoms with Gasteiger partial charge in [0, 0.05) is 22.2 Å². The Morgan fingerprint density at radius 2 is 1.80 bits per heavy atom. The first-order valence-electron chi connectivity index (χ1n) is 11.4. The second-order valence-corrected chi connectivity index (χ2v) is 9.26. The molecule has 1 aliphatic heterocycles. The second-order valence-electron chi connectivity index (χ2n) is 8.32. The Balaban J connectivity index is 1.76. The van der Waals surface area contributed by atoms with Crippen LogP contribution in [0.15, 0.2) is 59.5 Å². The van der Waals surface area contributed by atoms with Crippen molar-refractivity contribution in [1.82, 2.24) is 0 Å². The summed E-state index contributed by atoms with van der Waals surface area (Å²) in [5.74, 6) is -3.74. The summed E-state index contributed by atoms with van der Waals surface area (Å²) < 4.78 is 33.3. The molecule has 1 aromatic heterocycles. The summed E-state index contributed by atoms with van der Waals surface area (Å²) >= 11 is 1.31. The molecule has 0 saturated carbocycles. The molecule has 2 aromatic carbocycles. The molecule has 0 spiro atoms. The fraction of sp³-hybridized carbons (Fsp3) is 0.259. The number of ether oxygens (including phenoxy) is 1. The van der Waals surface area contributed by atoms with Crippen LogP contribution in [0.2, 0.25) is 0 Å². The van der Waals surface area contributed by atoms with Crippen molar-refractivity contribution in [3.8, 4) is 5.75 Å². The van der Waals surface area contributed by atoms with E-state index >= 15 is 0 Å². The molecule has 1 N–H and O–H groups in total. The topological polar surface area (TPSA) is 66.8 Å². The van der Waals surface area contributed by atoms with Crippen molar-refractivity contribution in [3.05, 3.63) is 87.1 Å². The zero-order valence-electron chi connectivity index (χ0n) is 19.4. The molecule has 3 aromatic rings. The Hall–Kier alpha value is -3.52. The summed E-state index contributed by atoms with van der Waals surface area (Å²) in [6.45, 7) is 4.51. The monoisotopic (exact) mass is 497 g/mol. The zero-order chi connectivity index (χ0) is 25.1. The number of thiophene rings is 1. The number of benzene rings is 2. The van der Waals surface area contributed by atoms with Crippen LogP contribution in [0.3, 0.4) is 0 Å². The van der Waals surface area contributed by atoms with Crippen molar-refractivity contribution in [2.24, 2.45) is 0 Å². The molecule has 1 amide bonds. The molecular formula is C27H25F2NO4S. The molecular weight excluding hydrogens is 472 g/mol. The van der Waals surface area contributed by atoms with E-state index in [1.54, 1.807) is 29.6 Å². The molecule has 1 saturated heterocycles. The van der Waals surface area contributed by atoms with E-state index in [1.807, 2.05) is 13.0 Å². The number of hydrogen-bond acceptors (Lipinski definition) is 5. The first-order chi connectivity index (χ1) is 16.8. The summed E-state index contributed by atoms with van der Waals surface area (Å²) in [5.41, 5.74) is 1.06. The minimum absolute atomic E-state index is 0.0266. The van der Waals surface area contributed by atoms with Gasteiger partial charge in [-0.1, -0.05) is 19.8 Å². The number of hydrogen-bond donors (Lipinski definition) is 1. The third kappa shape index (κ3) is 4.84. The molecule has 4 rings (SSSR count). The quantitative estimate of drug-likeness (QED) is 0.166. The molecule has 1 atom stereocenters. The number of ketones is 1. The SMILES string of the molecule is CCCCCOc1ccc(/C(O)=C2/C(=O)C(=O)N(c3ccc(F)c(F)c3)C2c2sccc2C)cc1. The smallest absolute Gasteiger partial charge is 0.300 e. The van der Waals surface area contributed by atoms with Crippen molar-refractivity contribution >= 4 is 34.5 Å². The highest BCUT2D eigenvalue weighted by atomic mass is 32.1. The van der Waals surface area contributed by atoms with Crippen LogP contribution in [0.1, 0.15) is 48.2 Å². The maximum Gasteiger partial charge on any atom is 0.300 e. The van der Waals surface area contributed by atoms with Gasteiger partial charge in [-0.15, -0.1) is 11.3 Å². The fourth-order valence-corrected chi connectivity index (χ4v) is 5.08. The number of rotatable bonds is 8. The first-order valence-corrected chi connectivity index (χ1v) is 12.2. The normalized spacial score (nSPS) is 17.3. The number of amides is 1. The molecule has 0 aliphatic carbocycles. The van der Waals surface area contributed by atoms with E-state index in [0.717, 1.165) is 41.9 Å². The van der Waals surface area contributed by atoms with Crippen molar-refractivity contribution in [2.45, 2.75) is 39.2 Å². The van der Waals surface area contributed by atoms with Gasteiger partial charge in [0.1, 0.15) is 17.6 Å². The van der Waals surface area contributed by atoms with E-state index in [9.17, 15) is 23.5 Å². The summed E-state index contributed by atoms with van der Waals surface area (Å²) in [6.07, 6.45) is 3.09. The van der Waals surface area contributed by atoms with Crippen molar-refractivity contribution in [3.63, 3.8) is 0 Å². The number of halogens is 2. The average molecular weight is 498 g/mol. The lowest BCUT2D eigenvalue weighted by Crippen LogP contribution is -2.29. The van der Waals surface area contributed by atoms with E-state index in [0.29, 0.717) is 22.8 Å². The van der Waals surface area contributed by atoms with Crippen molar-refractivity contribution < 1.29 is 28.2 Å². The van der Waals surface area contributed by atoms with Crippen LogP contribution >= 0.6 is 11.3 Å². The van der Waals surface area contributed by atoms with Crippen LogP contribution in [-0.2, 0) is 9.59 Å². The second kappa shape index (κ2) is 10.4. The highest BCUT2D eigenvalue weighted by Crippen LogP contribution is 2.45. The predicted octanol–water partition coefficient (Wildman–Crippen LogP) is 6.53. The third-order valence-corrected chi connectivity index (χ3v) is 6.99. The van der Waals surface area contributed by atoms with Gasteiger partial charge in [-0.05, 0) is 66.8 Å². The minimum atomic E-state index is -1.14. The van der Waals surface area contributed by atoms with E-state index in [1.165, 1.54) is 17.4 Å². The number of carbonyl (C=O) groups is 2. The summed E-state index contributed by atoms with van der Waals surface area (Å²) in [5, 5.41) is 13.0. The molecule has 0 radical (unpaired) electrons. The first kappa shape index (κ1) is 24.6. The van der Waals surface area contributed by atoms with Crippen molar-refractivity contribution in [2.75, 3.05) is 11.5 Å². The molecule has 8 heteroatoms. The van der Waals surface area contributed by atoms with Crippen LogP contribution in [0.5, 0.6) is 5.75 Å². The maximum atomic E-state index is 14.0. The number of unbranched alkanes of at least 4 members (excludes halogenated alkanes) is 2. The number of aliphatic hydroxyl groups is 1. The van der Waals surface area contributed by atoms with E-state index < -0.39 is 29.4 Å². The number of aliphatic hydroxyl groups excluding tert-OH is 1. The summed E-state index contributed by atoms with van der Waals surface area (Å²) in [4.78, 5) is 28.0. The zero-order valence-corrected chi connectivity index (χ0v) is 20.2. The number of nitrogens with zero attached hydrogens (tertiary/aromatic N) is 1. The lowest BCUT2D eigenvalue weighted by Gasteiger charge is -2.25. The third-order valence-electron chi connectivity index (χ3n) is 5.92. The summed E-state index contributed by atoms with van der Waals surface area (Å²) in [7, 11) is 0. The Labute approximate surface area is 206 Å². The van der Waals surface area contributed by atoms with Crippen LogP contribution in [-0.4, -0.2) is 23.4 Å². The molecule has 35 heavy (non-hydrogen) atoms. The molecule has 0 bridgehead atoms. The van der Waals surface area contributed by atoms with Crippen molar-refractivity contribution in [1.29, 1.82) is 0 Å². The number of carbonyl (C=O) groups excluding carboxylic acids is 2. The molecule has 1 aliphatic rings. The maximum absolute atomic E-state index is 14.0. The van der Waals surface area contributed by atoms with Gasteiger partial charge in [-0.2, -0.15) is 0 Å². The van der Waals surface area contributed by atoms with Crippen LogP contribution in [0.4, 0.5) is 14.5 Å². The van der Waals surface area contributed by atoms with Crippen LogP contribution < -0.4 is 9.64 Å². The van der Waals surface area contributed by atoms with E-state index in [-0.39, 0.29) is 17.0 Å². The van der Waals surface area contributed by atoms with Gasteiger partial charge in [-0.3, -0.25) is 14.5 Å². The number of Topliss-reactive ketones (excluding diaryl/α,β-unsaturated/α-hetero) is 1. The van der Waals surface area contributed by atoms with Crippen LogP contribution in [0, 0.1) is 18.6 Å². The van der Waals surface area contributed by atoms with Crippen LogP contribution in [0.25, 0.3) is 5.76 Å². The lowest BCUT2D eigenvalue weighted by atomic mass is 9.98. The average Bonchev–Trinajstić information content (AvgIpc) is 3.38. The largest absolute Gasteiger partial charge is 0.507 e. The highest BCUT2D eigenvalue weighted by Gasteiger charge is 2.48. The van der Waals surface area contributed by atoms with Gasteiger partial charge in [0.05, 0.1) is 12.2 Å². The van der Waals surface area contributed by atoms with E-state index in [4.69, 9.17) is 4.74 Å². The van der Waals surface area contributed by atoms with Gasteiger partial charge in [0.25, 0.3) is 11.7 Å². The molecule has 182 valence electrons. The van der Waals surface area contributed by atoms with E-state index in [2.05, 4.69) is 6.92 Å². The Morgan fingerprint density at radius 3 is 2.43 bits per heavy atom. The highest BCUT2D eigenvalue weighted by molar-refractivity contribution is 7.10. The van der Waals surface area contributed by atoms with Gasteiger partial charge in [0.15, 0.2) is 11.6 Å². The Bertz CT molecular complexity index is 1280. The standard InChI is InChI=1S/C27H25F2NO4S/c1-3-4-5-13-34-19-9-6-17(7-10-19)24(31)22-23(26-16(2)12-14-35-26)30(27(33)25(22)32)18-8-11-20(28)21(29)15-18/h6-12,14-15,23,31H,3-5,13H2,1-2H3/b24-22-. The van der Waals surface area contributed by atoms with Gasteiger partial charge in [0.2, 0.25) is 0 Å². The number of anilines is 1. The molecule has 1 unspecified atom stereocenters. The molecule has 2 heterocycles. The Kier molecular flexibility index (Phi) is 7.31. The minimum Gasteiger partial charge on any atom is -0.507 e.